The summed E-state index contributed by atoms with van der Waals surface area (Å²) in [5.74, 6) is 1.01. The van der Waals surface area contributed by atoms with Gasteiger partial charge in [-0.3, -0.25) is 4.68 Å². The summed E-state index contributed by atoms with van der Waals surface area (Å²) < 4.78 is 7.58. The summed E-state index contributed by atoms with van der Waals surface area (Å²) >= 11 is 6.21. The van der Waals surface area contributed by atoms with Crippen LogP contribution < -0.4 is 10.1 Å². The van der Waals surface area contributed by atoms with Gasteiger partial charge in [0.25, 0.3) is 0 Å². The van der Waals surface area contributed by atoms with Gasteiger partial charge in [0.1, 0.15) is 5.75 Å². The van der Waals surface area contributed by atoms with Gasteiger partial charge >= 0.3 is 0 Å². The molecule has 1 aliphatic rings. The maximum atomic E-state index is 6.21. The number of nitrogens with one attached hydrogen (secondary N) is 1. The number of halogens is 1. The topological polar surface area (TPSA) is 39.1 Å². The average Bonchev–Trinajstić information content (AvgIpc) is 3.04. The van der Waals surface area contributed by atoms with Gasteiger partial charge in [-0.15, -0.1) is 0 Å². The number of rotatable bonds is 4. The van der Waals surface area contributed by atoms with E-state index in [1.807, 2.05) is 43.2 Å². The first-order valence-electron chi connectivity index (χ1n) is 6.78. The molecular weight excluding hydrogens is 274 g/mol. The van der Waals surface area contributed by atoms with Gasteiger partial charge < -0.3 is 10.1 Å². The first-order chi connectivity index (χ1) is 9.67. The average molecular weight is 292 g/mol. The third kappa shape index (κ3) is 2.53. The van der Waals surface area contributed by atoms with Crippen LogP contribution >= 0.6 is 11.6 Å². The molecule has 1 atom stereocenters. The number of fused-ring (bicyclic) bond motifs is 1. The Labute approximate surface area is 123 Å². The molecule has 1 aromatic carbocycles. The predicted molar refractivity (Wildman–Crippen MR) is 79.4 cm³/mol. The third-order valence-corrected chi connectivity index (χ3v) is 3.91. The Morgan fingerprint density at radius 1 is 1.50 bits per heavy atom. The molecule has 4 nitrogen and oxygen atoms in total. The van der Waals surface area contributed by atoms with Crippen molar-refractivity contribution in [2.24, 2.45) is 7.05 Å². The number of benzene rings is 1. The molecule has 0 saturated carbocycles. The second kappa shape index (κ2) is 5.46. The molecule has 1 aliphatic heterocycles. The lowest BCUT2D eigenvalue weighted by molar-refractivity contribution is 0.351. The standard InChI is InChI=1S/C15H18ClN3O/c1-17-14(13-3-5-19(2)18-13)9-11-8-12(16)7-10-4-6-20-15(10)11/h3,5,7-8,14,17H,4,6,9H2,1-2H3. The lowest BCUT2D eigenvalue weighted by Crippen LogP contribution is -2.20. The molecule has 0 radical (unpaired) electrons. The summed E-state index contributed by atoms with van der Waals surface area (Å²) in [6.07, 6.45) is 3.71. The van der Waals surface area contributed by atoms with Crippen LogP contribution in [0.15, 0.2) is 24.4 Å². The number of likely N-dealkylation sites (N-methyl/N-ethyl adjacent to an activating group) is 1. The molecule has 106 valence electrons. The molecule has 20 heavy (non-hydrogen) atoms. The SMILES string of the molecule is CNC(Cc1cc(Cl)cc2c1OCC2)c1ccn(C)n1. The highest BCUT2D eigenvalue weighted by molar-refractivity contribution is 6.30. The number of aromatic nitrogens is 2. The van der Waals surface area contributed by atoms with Crippen LogP contribution in [0.4, 0.5) is 0 Å². The summed E-state index contributed by atoms with van der Waals surface area (Å²) in [6, 6.07) is 6.19. The Balaban J connectivity index is 1.90. The largest absolute Gasteiger partial charge is 0.493 e. The quantitative estimate of drug-likeness (QED) is 0.941. The molecule has 0 bridgehead atoms. The number of hydrogen-bond acceptors (Lipinski definition) is 3. The Hall–Kier alpha value is -1.52. The highest BCUT2D eigenvalue weighted by atomic mass is 35.5. The lowest BCUT2D eigenvalue weighted by atomic mass is 10.00. The van der Waals surface area contributed by atoms with Gasteiger partial charge in [-0.1, -0.05) is 11.6 Å². The van der Waals surface area contributed by atoms with Crippen molar-refractivity contribution in [1.82, 2.24) is 15.1 Å². The van der Waals surface area contributed by atoms with Crippen molar-refractivity contribution in [3.05, 3.63) is 46.2 Å². The van der Waals surface area contributed by atoms with E-state index in [1.165, 1.54) is 5.56 Å². The molecule has 2 heterocycles. The van der Waals surface area contributed by atoms with Crippen LogP contribution in [-0.4, -0.2) is 23.4 Å². The molecule has 2 aromatic rings. The van der Waals surface area contributed by atoms with E-state index in [0.29, 0.717) is 0 Å². The van der Waals surface area contributed by atoms with Crippen LogP contribution in [0, 0.1) is 0 Å². The van der Waals surface area contributed by atoms with Gasteiger partial charge in [-0.25, -0.2) is 0 Å². The van der Waals surface area contributed by atoms with E-state index in [0.717, 1.165) is 41.5 Å². The lowest BCUT2D eigenvalue weighted by Gasteiger charge is -2.16. The van der Waals surface area contributed by atoms with Gasteiger partial charge in [-0.2, -0.15) is 5.10 Å². The third-order valence-electron chi connectivity index (χ3n) is 3.69. The first-order valence-corrected chi connectivity index (χ1v) is 7.16. The normalized spacial score (nSPS) is 14.9. The predicted octanol–water partition coefficient (Wildman–Crippen LogP) is 2.51. The Morgan fingerprint density at radius 2 is 2.35 bits per heavy atom. The van der Waals surface area contributed by atoms with Crippen LogP contribution in [0.25, 0.3) is 0 Å². The molecule has 3 rings (SSSR count). The van der Waals surface area contributed by atoms with Gasteiger partial charge in [0.15, 0.2) is 0 Å². The Morgan fingerprint density at radius 3 is 3.05 bits per heavy atom. The Bertz CT molecular complexity index is 624. The summed E-state index contributed by atoms with van der Waals surface area (Å²) in [7, 11) is 3.88. The molecule has 0 fully saturated rings. The minimum atomic E-state index is 0.156. The Kier molecular flexibility index (Phi) is 3.68. The van der Waals surface area contributed by atoms with Gasteiger partial charge in [0, 0.05) is 24.7 Å². The maximum Gasteiger partial charge on any atom is 0.125 e. The van der Waals surface area contributed by atoms with E-state index in [2.05, 4.69) is 10.4 Å². The van der Waals surface area contributed by atoms with E-state index in [4.69, 9.17) is 16.3 Å². The zero-order valence-electron chi connectivity index (χ0n) is 11.7. The van der Waals surface area contributed by atoms with Crippen molar-refractivity contribution in [2.75, 3.05) is 13.7 Å². The fourth-order valence-corrected chi connectivity index (χ4v) is 2.95. The first kappa shape index (κ1) is 13.5. The monoisotopic (exact) mass is 291 g/mol. The fourth-order valence-electron chi connectivity index (χ4n) is 2.69. The van der Waals surface area contributed by atoms with Crippen molar-refractivity contribution < 1.29 is 4.74 Å². The second-order valence-corrected chi connectivity index (χ2v) is 5.55. The summed E-state index contributed by atoms with van der Waals surface area (Å²) in [5.41, 5.74) is 3.39. The minimum absolute atomic E-state index is 0.156. The molecular formula is C15H18ClN3O. The van der Waals surface area contributed by atoms with Gasteiger partial charge in [-0.05, 0) is 42.8 Å². The van der Waals surface area contributed by atoms with Crippen LogP contribution in [0.2, 0.25) is 5.02 Å². The molecule has 0 spiro atoms. The smallest absolute Gasteiger partial charge is 0.125 e. The van der Waals surface area contributed by atoms with Crippen LogP contribution in [-0.2, 0) is 19.9 Å². The molecule has 1 N–H and O–H groups in total. The molecule has 0 amide bonds. The number of hydrogen-bond donors (Lipinski definition) is 1. The van der Waals surface area contributed by atoms with Crippen molar-refractivity contribution in [3.63, 3.8) is 0 Å². The van der Waals surface area contributed by atoms with Crippen molar-refractivity contribution in [2.45, 2.75) is 18.9 Å². The second-order valence-electron chi connectivity index (χ2n) is 5.11. The van der Waals surface area contributed by atoms with Crippen LogP contribution in [0.1, 0.15) is 22.9 Å². The van der Waals surface area contributed by atoms with E-state index in [1.54, 1.807) is 0 Å². The summed E-state index contributed by atoms with van der Waals surface area (Å²) in [6.45, 7) is 0.747. The van der Waals surface area contributed by atoms with Crippen molar-refractivity contribution in [1.29, 1.82) is 0 Å². The molecule has 0 aliphatic carbocycles. The summed E-state index contributed by atoms with van der Waals surface area (Å²) in [4.78, 5) is 0. The highest BCUT2D eigenvalue weighted by Gasteiger charge is 2.21. The van der Waals surface area contributed by atoms with E-state index >= 15 is 0 Å². The number of nitrogens with zero attached hydrogens (tertiary/aromatic N) is 2. The maximum absolute atomic E-state index is 6.21. The van der Waals surface area contributed by atoms with Gasteiger partial charge in [0.2, 0.25) is 0 Å². The van der Waals surface area contributed by atoms with Gasteiger partial charge in [0.05, 0.1) is 18.3 Å². The summed E-state index contributed by atoms with van der Waals surface area (Å²) in [5, 5.41) is 8.57. The molecule has 1 aromatic heterocycles. The van der Waals surface area contributed by atoms with Crippen LogP contribution in [0.5, 0.6) is 5.75 Å². The van der Waals surface area contributed by atoms with E-state index in [-0.39, 0.29) is 6.04 Å². The zero-order valence-corrected chi connectivity index (χ0v) is 12.4. The fraction of sp³-hybridized carbons (Fsp3) is 0.400. The molecule has 1 unspecified atom stereocenters. The zero-order chi connectivity index (χ0) is 14.1. The number of ether oxygens (including phenoxy) is 1. The van der Waals surface area contributed by atoms with E-state index < -0.39 is 0 Å². The molecule has 0 saturated heterocycles. The van der Waals surface area contributed by atoms with E-state index in [9.17, 15) is 0 Å². The highest BCUT2D eigenvalue weighted by Crippen LogP contribution is 2.35. The van der Waals surface area contributed by atoms with Crippen molar-refractivity contribution in [3.8, 4) is 5.75 Å². The van der Waals surface area contributed by atoms with Crippen molar-refractivity contribution >= 4 is 11.6 Å². The minimum Gasteiger partial charge on any atom is -0.493 e. The molecule has 5 heteroatoms. The number of aryl methyl sites for hydroxylation is 1. The van der Waals surface area contributed by atoms with Crippen LogP contribution in [0.3, 0.4) is 0 Å².